The molecule has 0 saturated carbocycles. The van der Waals surface area contributed by atoms with Gasteiger partial charge in [-0.05, 0) is 52.6 Å². The number of nitrogens with zero attached hydrogens (tertiary/aromatic N) is 3. The Morgan fingerprint density at radius 3 is 1.44 bits per heavy atom. The molecule has 0 fully saturated rings. The van der Waals surface area contributed by atoms with Gasteiger partial charge in [0.1, 0.15) is 0 Å². The number of benzene rings is 4. The largest absolute Gasteiger partial charge is 0.265 e. The second-order valence-electron chi connectivity index (χ2n) is 8.59. The lowest BCUT2D eigenvalue weighted by molar-refractivity contribution is 1.18. The first-order chi connectivity index (χ1) is 17.8. The minimum absolute atomic E-state index is 0.719. The second kappa shape index (κ2) is 9.77. The van der Waals surface area contributed by atoms with Gasteiger partial charge in [-0.1, -0.05) is 97.1 Å². The summed E-state index contributed by atoms with van der Waals surface area (Å²) in [5, 5.41) is 0. The van der Waals surface area contributed by atoms with Crippen molar-refractivity contribution in [2.75, 3.05) is 0 Å². The fraction of sp³-hybridized carbons (Fsp3) is 0. The zero-order valence-corrected chi connectivity index (χ0v) is 19.6. The molecule has 170 valence electrons. The van der Waals surface area contributed by atoms with Gasteiger partial charge < -0.3 is 0 Å². The van der Waals surface area contributed by atoms with E-state index in [0.717, 1.165) is 50.6 Å². The number of hydrogen-bond donors (Lipinski definition) is 0. The first-order valence-corrected chi connectivity index (χ1v) is 11.9. The van der Waals surface area contributed by atoms with Gasteiger partial charge in [-0.15, -0.1) is 0 Å². The van der Waals surface area contributed by atoms with Crippen LogP contribution in [0.2, 0.25) is 0 Å². The predicted octanol–water partition coefficient (Wildman–Crippen LogP) is 8.21. The van der Waals surface area contributed by atoms with Crippen LogP contribution in [0.4, 0.5) is 0 Å². The van der Waals surface area contributed by atoms with Crippen molar-refractivity contribution in [3.05, 3.63) is 140 Å². The number of aromatic nitrogens is 3. The summed E-state index contributed by atoms with van der Waals surface area (Å²) in [4.78, 5) is 14.0. The van der Waals surface area contributed by atoms with E-state index >= 15 is 0 Å². The highest BCUT2D eigenvalue weighted by Crippen LogP contribution is 2.31. The third-order valence-electron chi connectivity index (χ3n) is 6.20. The Labute approximate surface area is 210 Å². The van der Waals surface area contributed by atoms with E-state index in [4.69, 9.17) is 9.97 Å². The number of pyridine rings is 1. The van der Waals surface area contributed by atoms with E-state index in [1.54, 1.807) is 0 Å². The summed E-state index contributed by atoms with van der Waals surface area (Å²) in [6.45, 7) is 0. The highest BCUT2D eigenvalue weighted by molar-refractivity contribution is 5.78. The molecule has 0 radical (unpaired) electrons. The third-order valence-corrected chi connectivity index (χ3v) is 6.20. The van der Waals surface area contributed by atoms with Crippen molar-refractivity contribution < 1.29 is 0 Å². The van der Waals surface area contributed by atoms with Crippen LogP contribution in [0.3, 0.4) is 0 Å². The molecule has 0 N–H and O–H groups in total. The smallest absolute Gasteiger partial charge is 0.160 e. The van der Waals surface area contributed by atoms with Crippen LogP contribution in [0.5, 0.6) is 0 Å². The summed E-state index contributed by atoms with van der Waals surface area (Å²) in [6, 6.07) is 43.7. The summed E-state index contributed by atoms with van der Waals surface area (Å²) in [7, 11) is 0. The molecule has 6 aromatic rings. The van der Waals surface area contributed by atoms with Crippen molar-refractivity contribution in [2.45, 2.75) is 0 Å². The fourth-order valence-electron chi connectivity index (χ4n) is 4.35. The zero-order valence-electron chi connectivity index (χ0n) is 19.6. The Kier molecular flexibility index (Phi) is 5.87. The van der Waals surface area contributed by atoms with Crippen molar-refractivity contribution in [1.29, 1.82) is 0 Å². The van der Waals surface area contributed by atoms with Crippen LogP contribution in [0.25, 0.3) is 56.2 Å². The number of rotatable bonds is 5. The van der Waals surface area contributed by atoms with Gasteiger partial charge in [0.2, 0.25) is 0 Å². The van der Waals surface area contributed by atoms with Crippen LogP contribution in [-0.4, -0.2) is 15.0 Å². The Hall–Kier alpha value is -4.89. The van der Waals surface area contributed by atoms with Crippen molar-refractivity contribution in [1.82, 2.24) is 15.0 Å². The monoisotopic (exact) mass is 461 g/mol. The molecule has 0 aliphatic carbocycles. The lowest BCUT2D eigenvalue weighted by Crippen LogP contribution is -1.96. The molecule has 0 unspecified atom stereocenters. The molecule has 4 aromatic carbocycles. The minimum Gasteiger partial charge on any atom is -0.265 e. The van der Waals surface area contributed by atoms with E-state index < -0.39 is 0 Å². The van der Waals surface area contributed by atoms with Gasteiger partial charge in [0, 0.05) is 29.1 Å². The van der Waals surface area contributed by atoms with Crippen molar-refractivity contribution >= 4 is 0 Å². The van der Waals surface area contributed by atoms with Gasteiger partial charge in [-0.25, -0.2) is 9.97 Å². The topological polar surface area (TPSA) is 38.7 Å². The maximum Gasteiger partial charge on any atom is 0.160 e. The fourth-order valence-corrected chi connectivity index (χ4v) is 4.35. The van der Waals surface area contributed by atoms with Gasteiger partial charge in [0.25, 0.3) is 0 Å². The first-order valence-electron chi connectivity index (χ1n) is 11.9. The molecule has 0 aliphatic rings. The van der Waals surface area contributed by atoms with Gasteiger partial charge in [0.15, 0.2) is 5.82 Å². The predicted molar refractivity (Wildman–Crippen MR) is 147 cm³/mol. The SMILES string of the molecule is c1ccc(-c2cc(-c3cccc(-c4cccc(-c5ccncc5)c4)c3)nc(-c3ccccc3)n2)cc1. The van der Waals surface area contributed by atoms with Gasteiger partial charge in [-0.3, -0.25) is 4.98 Å². The van der Waals surface area contributed by atoms with E-state index in [2.05, 4.69) is 83.8 Å². The summed E-state index contributed by atoms with van der Waals surface area (Å²) < 4.78 is 0. The molecular weight excluding hydrogens is 438 g/mol. The van der Waals surface area contributed by atoms with Crippen molar-refractivity contribution in [3.8, 4) is 56.2 Å². The molecular formula is C33H23N3. The maximum atomic E-state index is 4.98. The standard InChI is InChI=1S/C33H23N3/c1-3-9-25(10-4-1)31-23-32(36-33(35-31)26-11-5-2-6-12-26)30-16-8-15-29(22-30)28-14-7-13-27(21-28)24-17-19-34-20-18-24/h1-23H. The summed E-state index contributed by atoms with van der Waals surface area (Å²) in [6.07, 6.45) is 3.65. The molecule has 36 heavy (non-hydrogen) atoms. The van der Waals surface area contributed by atoms with Crippen LogP contribution in [0.15, 0.2) is 140 Å². The average molecular weight is 462 g/mol. The molecule has 0 atom stereocenters. The Morgan fingerprint density at radius 1 is 0.333 bits per heavy atom. The maximum absolute atomic E-state index is 4.98. The van der Waals surface area contributed by atoms with Crippen molar-refractivity contribution in [3.63, 3.8) is 0 Å². The van der Waals surface area contributed by atoms with E-state index in [0.29, 0.717) is 0 Å². The first kappa shape index (κ1) is 21.6. The quantitative estimate of drug-likeness (QED) is 0.260. The summed E-state index contributed by atoms with van der Waals surface area (Å²) in [5.41, 5.74) is 9.55. The van der Waals surface area contributed by atoms with Crippen molar-refractivity contribution in [2.24, 2.45) is 0 Å². The Morgan fingerprint density at radius 2 is 0.806 bits per heavy atom. The van der Waals surface area contributed by atoms with E-state index in [-0.39, 0.29) is 0 Å². The summed E-state index contributed by atoms with van der Waals surface area (Å²) >= 11 is 0. The number of hydrogen-bond acceptors (Lipinski definition) is 3. The molecule has 2 heterocycles. The highest BCUT2D eigenvalue weighted by Gasteiger charge is 2.11. The van der Waals surface area contributed by atoms with Gasteiger partial charge in [-0.2, -0.15) is 0 Å². The molecule has 2 aromatic heterocycles. The molecule has 0 bridgehead atoms. The molecule has 6 rings (SSSR count). The van der Waals surface area contributed by atoms with Crippen LogP contribution < -0.4 is 0 Å². The second-order valence-corrected chi connectivity index (χ2v) is 8.59. The van der Waals surface area contributed by atoms with Gasteiger partial charge >= 0.3 is 0 Å². The highest BCUT2D eigenvalue weighted by atomic mass is 14.9. The van der Waals surface area contributed by atoms with E-state index in [1.165, 1.54) is 5.56 Å². The molecule has 0 saturated heterocycles. The van der Waals surface area contributed by atoms with Gasteiger partial charge in [0.05, 0.1) is 11.4 Å². The molecule has 0 amide bonds. The molecule has 3 heteroatoms. The lowest BCUT2D eigenvalue weighted by Gasteiger charge is -2.11. The molecule has 3 nitrogen and oxygen atoms in total. The zero-order chi connectivity index (χ0) is 24.2. The molecule has 0 spiro atoms. The Bertz CT molecular complexity index is 1550. The summed E-state index contributed by atoms with van der Waals surface area (Å²) in [5.74, 6) is 0.719. The van der Waals surface area contributed by atoms with E-state index in [9.17, 15) is 0 Å². The Balaban J connectivity index is 1.45. The lowest BCUT2D eigenvalue weighted by atomic mass is 9.97. The van der Waals surface area contributed by atoms with Crippen LogP contribution in [0.1, 0.15) is 0 Å². The normalized spacial score (nSPS) is 10.8. The van der Waals surface area contributed by atoms with Crippen LogP contribution in [0, 0.1) is 0 Å². The van der Waals surface area contributed by atoms with Crippen LogP contribution in [-0.2, 0) is 0 Å². The van der Waals surface area contributed by atoms with Crippen LogP contribution >= 0.6 is 0 Å². The third kappa shape index (κ3) is 4.55. The van der Waals surface area contributed by atoms with E-state index in [1.807, 2.05) is 60.9 Å². The minimum atomic E-state index is 0.719. The molecule has 0 aliphatic heterocycles. The average Bonchev–Trinajstić information content (AvgIpc) is 2.98.